The summed E-state index contributed by atoms with van der Waals surface area (Å²) in [7, 11) is 0. The lowest BCUT2D eigenvalue weighted by atomic mass is 9.83. The number of Topliss-reactive ketones (excluding diaryl/α,β-unsaturated/α-hetero) is 1. The molecule has 2 atom stereocenters. The second-order valence-electron chi connectivity index (χ2n) is 8.05. The van der Waals surface area contributed by atoms with Crippen molar-refractivity contribution in [3.63, 3.8) is 0 Å². The van der Waals surface area contributed by atoms with Crippen LogP contribution >= 0.6 is 0 Å². The smallest absolute Gasteiger partial charge is 0.239 e. The van der Waals surface area contributed by atoms with E-state index in [2.05, 4.69) is 10.2 Å². The minimum Gasteiger partial charge on any atom is -0.354 e. The maximum absolute atomic E-state index is 12.6. The van der Waals surface area contributed by atoms with E-state index in [1.54, 1.807) is 6.92 Å². The fraction of sp³-hybridized carbons (Fsp3) is 0.545. The second kappa shape index (κ2) is 7.85. The fourth-order valence-corrected chi connectivity index (χ4v) is 4.93. The molecule has 0 radical (unpaired) electrons. The number of ketones is 1. The molecule has 1 aromatic carbocycles. The van der Waals surface area contributed by atoms with Gasteiger partial charge in [-0.2, -0.15) is 0 Å². The SMILES string of the molecule is CC(=O)c1cn(CC(=O)NC[C@H]2CCCN3CCCC[C@H]23)c2ccccc12. The Hall–Kier alpha value is -2.14. The summed E-state index contributed by atoms with van der Waals surface area (Å²) in [5.74, 6) is 0.626. The highest BCUT2D eigenvalue weighted by molar-refractivity contribution is 6.07. The second-order valence-corrected chi connectivity index (χ2v) is 8.05. The highest BCUT2D eigenvalue weighted by Gasteiger charge is 2.32. The lowest BCUT2D eigenvalue weighted by molar-refractivity contribution is -0.122. The van der Waals surface area contributed by atoms with Crippen molar-refractivity contribution in [2.24, 2.45) is 5.92 Å². The van der Waals surface area contributed by atoms with E-state index in [1.165, 1.54) is 45.2 Å². The summed E-state index contributed by atoms with van der Waals surface area (Å²) in [4.78, 5) is 27.1. The van der Waals surface area contributed by atoms with Gasteiger partial charge >= 0.3 is 0 Å². The Labute approximate surface area is 160 Å². The predicted octanol–water partition coefficient (Wildman–Crippen LogP) is 3.22. The van der Waals surface area contributed by atoms with Gasteiger partial charge in [0.15, 0.2) is 5.78 Å². The molecule has 1 N–H and O–H groups in total. The first-order valence-corrected chi connectivity index (χ1v) is 10.2. The Balaban J connectivity index is 1.41. The molecule has 2 fully saturated rings. The van der Waals surface area contributed by atoms with Crippen LogP contribution in [0.2, 0.25) is 0 Å². The first-order valence-electron chi connectivity index (χ1n) is 10.2. The molecule has 0 spiro atoms. The van der Waals surface area contributed by atoms with Gasteiger partial charge in [-0.15, -0.1) is 0 Å². The maximum atomic E-state index is 12.6. The van der Waals surface area contributed by atoms with E-state index in [4.69, 9.17) is 0 Å². The fourth-order valence-electron chi connectivity index (χ4n) is 4.93. The van der Waals surface area contributed by atoms with Crippen LogP contribution in [0.15, 0.2) is 30.5 Å². The summed E-state index contributed by atoms with van der Waals surface area (Å²) in [6.07, 6.45) is 8.16. The summed E-state index contributed by atoms with van der Waals surface area (Å²) < 4.78 is 1.90. The zero-order chi connectivity index (χ0) is 18.8. The van der Waals surface area contributed by atoms with Gasteiger partial charge in [-0.3, -0.25) is 9.59 Å². The minimum absolute atomic E-state index is 0.0267. The van der Waals surface area contributed by atoms with Crippen molar-refractivity contribution < 1.29 is 9.59 Å². The number of rotatable bonds is 5. The van der Waals surface area contributed by atoms with Crippen LogP contribution in [0, 0.1) is 5.92 Å². The first kappa shape index (κ1) is 18.2. The average Bonchev–Trinajstić information content (AvgIpc) is 3.05. The van der Waals surface area contributed by atoms with Gasteiger partial charge in [0.2, 0.25) is 5.91 Å². The van der Waals surface area contributed by atoms with Crippen molar-refractivity contribution >= 4 is 22.6 Å². The molecule has 0 aliphatic carbocycles. The molecule has 3 heterocycles. The zero-order valence-corrected chi connectivity index (χ0v) is 16.1. The summed E-state index contributed by atoms with van der Waals surface area (Å²) >= 11 is 0. The quantitative estimate of drug-likeness (QED) is 0.826. The van der Waals surface area contributed by atoms with Crippen LogP contribution in [0.3, 0.4) is 0 Å². The molecule has 2 aliphatic heterocycles. The summed E-state index contributed by atoms with van der Waals surface area (Å²) in [6, 6.07) is 8.43. The highest BCUT2D eigenvalue weighted by atomic mass is 16.2. The summed E-state index contributed by atoms with van der Waals surface area (Å²) in [6.45, 7) is 5.04. The molecule has 2 aromatic rings. The van der Waals surface area contributed by atoms with Crippen molar-refractivity contribution in [3.8, 4) is 0 Å². The molecule has 27 heavy (non-hydrogen) atoms. The average molecular weight is 367 g/mol. The number of para-hydroxylation sites is 1. The van der Waals surface area contributed by atoms with Gasteiger partial charge in [0, 0.05) is 35.2 Å². The first-order chi connectivity index (χ1) is 13.1. The summed E-state index contributed by atoms with van der Waals surface area (Å²) in [5.41, 5.74) is 1.62. The molecule has 4 rings (SSSR count). The normalized spacial score (nSPS) is 23.1. The number of nitrogens with zero attached hydrogens (tertiary/aromatic N) is 2. The van der Waals surface area contributed by atoms with Gasteiger partial charge in [0.1, 0.15) is 6.54 Å². The van der Waals surface area contributed by atoms with Gasteiger partial charge in [-0.25, -0.2) is 0 Å². The van der Waals surface area contributed by atoms with Gasteiger partial charge in [0.25, 0.3) is 0 Å². The van der Waals surface area contributed by atoms with Crippen LogP contribution in [0.1, 0.15) is 49.4 Å². The summed E-state index contributed by atoms with van der Waals surface area (Å²) in [5, 5.41) is 4.09. The van der Waals surface area contributed by atoms with Crippen molar-refractivity contribution in [2.75, 3.05) is 19.6 Å². The molecule has 0 bridgehead atoms. The molecular formula is C22H29N3O2. The number of amides is 1. The van der Waals surface area contributed by atoms with E-state index in [-0.39, 0.29) is 18.2 Å². The molecular weight excluding hydrogens is 338 g/mol. The topological polar surface area (TPSA) is 54.3 Å². The van der Waals surface area contributed by atoms with Crippen molar-refractivity contribution in [1.82, 2.24) is 14.8 Å². The monoisotopic (exact) mass is 367 g/mol. The molecule has 0 unspecified atom stereocenters. The number of carbonyl (C=O) groups excluding carboxylic acids is 2. The maximum Gasteiger partial charge on any atom is 0.239 e. The Kier molecular flexibility index (Phi) is 5.30. The Morgan fingerprint density at radius 1 is 1.11 bits per heavy atom. The number of hydrogen-bond donors (Lipinski definition) is 1. The van der Waals surface area contributed by atoms with Gasteiger partial charge in [0.05, 0.1) is 0 Å². The standard InChI is InChI=1S/C22H29N3O2/c1-16(26)19-14-25(21-10-3-2-8-18(19)21)15-22(27)23-13-17-7-6-12-24-11-5-4-9-20(17)24/h2-3,8,10,14,17,20H,4-7,9,11-13,15H2,1H3,(H,23,27)/t17-,20-/m1/s1. The Morgan fingerprint density at radius 3 is 2.78 bits per heavy atom. The van der Waals surface area contributed by atoms with Crippen molar-refractivity contribution in [1.29, 1.82) is 0 Å². The zero-order valence-electron chi connectivity index (χ0n) is 16.1. The third-order valence-corrected chi connectivity index (χ3v) is 6.27. The van der Waals surface area contributed by atoms with Crippen LogP contribution in [0.4, 0.5) is 0 Å². The third kappa shape index (κ3) is 3.79. The van der Waals surface area contributed by atoms with Gasteiger partial charge < -0.3 is 14.8 Å². The van der Waals surface area contributed by atoms with Crippen molar-refractivity contribution in [3.05, 3.63) is 36.0 Å². The van der Waals surface area contributed by atoms with E-state index in [9.17, 15) is 9.59 Å². The van der Waals surface area contributed by atoms with Crippen LogP contribution in [0.5, 0.6) is 0 Å². The minimum atomic E-state index is 0.0267. The van der Waals surface area contributed by atoms with E-state index < -0.39 is 0 Å². The molecule has 5 heteroatoms. The largest absolute Gasteiger partial charge is 0.354 e. The number of aromatic nitrogens is 1. The lowest BCUT2D eigenvalue weighted by Gasteiger charge is -2.44. The van der Waals surface area contributed by atoms with Gasteiger partial charge in [-0.05, 0) is 57.7 Å². The molecule has 2 saturated heterocycles. The van der Waals surface area contributed by atoms with E-state index in [0.29, 0.717) is 17.5 Å². The Bertz CT molecular complexity index is 839. The van der Waals surface area contributed by atoms with E-state index in [1.807, 2.05) is 35.0 Å². The van der Waals surface area contributed by atoms with Crippen LogP contribution in [-0.4, -0.2) is 46.8 Å². The molecule has 5 nitrogen and oxygen atoms in total. The highest BCUT2D eigenvalue weighted by Crippen LogP contribution is 2.30. The number of hydrogen-bond acceptors (Lipinski definition) is 3. The number of fused-ring (bicyclic) bond motifs is 2. The number of nitrogens with one attached hydrogen (secondary N) is 1. The van der Waals surface area contributed by atoms with Gasteiger partial charge in [-0.1, -0.05) is 24.6 Å². The van der Waals surface area contributed by atoms with Crippen molar-refractivity contribution in [2.45, 2.75) is 51.6 Å². The van der Waals surface area contributed by atoms with Crippen LogP contribution < -0.4 is 5.32 Å². The lowest BCUT2D eigenvalue weighted by Crippen LogP contribution is -2.51. The van der Waals surface area contributed by atoms with Crippen LogP contribution in [-0.2, 0) is 11.3 Å². The number of carbonyl (C=O) groups is 2. The van der Waals surface area contributed by atoms with E-state index >= 15 is 0 Å². The molecule has 2 aliphatic rings. The Morgan fingerprint density at radius 2 is 1.93 bits per heavy atom. The number of piperidine rings is 2. The van der Waals surface area contributed by atoms with E-state index in [0.717, 1.165) is 17.4 Å². The predicted molar refractivity (Wildman–Crippen MR) is 107 cm³/mol. The molecule has 1 amide bonds. The number of benzene rings is 1. The third-order valence-electron chi connectivity index (χ3n) is 6.27. The molecule has 0 saturated carbocycles. The molecule has 1 aromatic heterocycles. The van der Waals surface area contributed by atoms with Crippen LogP contribution in [0.25, 0.3) is 10.9 Å². The molecule has 144 valence electrons.